The Morgan fingerprint density at radius 2 is 1.83 bits per heavy atom. The Kier molecular flexibility index (Phi) is 5.49. The van der Waals surface area contributed by atoms with Crippen LogP contribution in [0, 0.1) is 0 Å². The highest BCUT2D eigenvalue weighted by Gasteiger charge is 2.13. The first kappa shape index (κ1) is 19.4. The van der Waals surface area contributed by atoms with E-state index in [1.165, 1.54) is 0 Å². The van der Waals surface area contributed by atoms with Gasteiger partial charge in [0, 0.05) is 17.4 Å². The normalized spacial score (nSPS) is 11.1. The van der Waals surface area contributed by atoms with Crippen LogP contribution in [0.15, 0.2) is 71.2 Å². The minimum absolute atomic E-state index is 0.316. The maximum atomic E-state index is 11.5. The van der Waals surface area contributed by atoms with E-state index < -0.39 is 5.97 Å². The lowest BCUT2D eigenvalue weighted by Gasteiger charge is -2.11. The molecule has 4 aromatic rings. The maximum Gasteiger partial charge on any atom is 0.336 e. The minimum Gasteiger partial charge on any atom is -0.478 e. The minimum atomic E-state index is -0.912. The zero-order chi connectivity index (χ0) is 20.4. The molecule has 1 N–H and O–H groups in total. The van der Waals surface area contributed by atoms with Crippen LogP contribution in [0.5, 0.6) is 0 Å². The van der Waals surface area contributed by atoms with Gasteiger partial charge in [0.05, 0.1) is 16.6 Å². The summed E-state index contributed by atoms with van der Waals surface area (Å²) >= 11 is 3.53. The molecule has 4 rings (SSSR count). The summed E-state index contributed by atoms with van der Waals surface area (Å²) in [7, 11) is 0. The van der Waals surface area contributed by atoms with Crippen LogP contribution in [0.3, 0.4) is 0 Å². The largest absolute Gasteiger partial charge is 0.478 e. The number of hydrogen-bond acceptors (Lipinski definition) is 2. The number of benzene rings is 3. The van der Waals surface area contributed by atoms with E-state index in [9.17, 15) is 9.90 Å². The summed E-state index contributed by atoms with van der Waals surface area (Å²) in [6.45, 7) is 2.89. The van der Waals surface area contributed by atoms with Gasteiger partial charge in [-0.25, -0.2) is 9.78 Å². The van der Waals surface area contributed by atoms with E-state index in [1.54, 1.807) is 12.1 Å². The van der Waals surface area contributed by atoms with Crippen molar-refractivity contribution < 1.29 is 9.90 Å². The van der Waals surface area contributed by atoms with Crippen LogP contribution in [0.1, 0.15) is 35.1 Å². The number of halogens is 1. The number of aromatic nitrogens is 2. The van der Waals surface area contributed by atoms with Gasteiger partial charge in [0.1, 0.15) is 5.82 Å². The first-order valence-corrected chi connectivity index (χ1v) is 10.4. The first-order valence-electron chi connectivity index (χ1n) is 9.63. The zero-order valence-corrected chi connectivity index (χ0v) is 17.7. The van der Waals surface area contributed by atoms with Crippen LogP contribution in [0.4, 0.5) is 0 Å². The predicted octanol–water partition coefficient (Wildman–Crippen LogP) is 6.16. The fourth-order valence-corrected chi connectivity index (χ4v) is 3.99. The molecule has 0 aliphatic rings. The fourth-order valence-electron chi connectivity index (χ4n) is 3.64. The number of hydrogen-bond donors (Lipinski definition) is 1. The van der Waals surface area contributed by atoms with E-state index >= 15 is 0 Å². The van der Waals surface area contributed by atoms with Gasteiger partial charge >= 0.3 is 5.97 Å². The molecule has 0 aliphatic heterocycles. The van der Waals surface area contributed by atoms with Gasteiger partial charge in [-0.2, -0.15) is 0 Å². The SMILES string of the molecule is CCCc1nc2cc(Br)ccc2n1Cc1ccc(-c2ccccc2C(=O)O)cc1. The molecular weight excluding hydrogens is 428 g/mol. The molecule has 0 saturated heterocycles. The average Bonchev–Trinajstić information content (AvgIpc) is 3.05. The first-order chi connectivity index (χ1) is 14.1. The number of imidazole rings is 1. The van der Waals surface area contributed by atoms with Crippen molar-refractivity contribution in [1.29, 1.82) is 0 Å². The smallest absolute Gasteiger partial charge is 0.336 e. The van der Waals surface area contributed by atoms with Crippen molar-refractivity contribution in [2.24, 2.45) is 0 Å². The van der Waals surface area contributed by atoms with Gasteiger partial charge in [-0.15, -0.1) is 0 Å². The number of carboxylic acid groups (broad SMARTS) is 1. The Hall–Kier alpha value is -2.92. The van der Waals surface area contributed by atoms with Crippen molar-refractivity contribution in [1.82, 2.24) is 9.55 Å². The van der Waals surface area contributed by atoms with Crippen LogP contribution >= 0.6 is 15.9 Å². The van der Waals surface area contributed by atoms with Crippen LogP contribution in [-0.2, 0) is 13.0 Å². The zero-order valence-electron chi connectivity index (χ0n) is 16.1. The lowest BCUT2D eigenvalue weighted by atomic mass is 9.99. The van der Waals surface area contributed by atoms with Gasteiger partial charge in [0.2, 0.25) is 0 Å². The average molecular weight is 449 g/mol. The highest BCUT2D eigenvalue weighted by molar-refractivity contribution is 9.10. The Bertz CT molecular complexity index is 1180. The van der Waals surface area contributed by atoms with Crippen molar-refractivity contribution >= 4 is 32.9 Å². The van der Waals surface area contributed by atoms with E-state index in [0.717, 1.165) is 57.4 Å². The summed E-state index contributed by atoms with van der Waals surface area (Å²) in [5.74, 6) is 0.172. The number of aryl methyl sites for hydroxylation is 1. The molecular formula is C24H21BrN2O2. The summed E-state index contributed by atoms with van der Waals surface area (Å²) in [4.78, 5) is 16.3. The number of carbonyl (C=O) groups is 1. The number of nitrogens with zero attached hydrogens (tertiary/aromatic N) is 2. The Morgan fingerprint density at radius 3 is 2.55 bits per heavy atom. The molecule has 1 aromatic heterocycles. The molecule has 146 valence electrons. The third-order valence-corrected chi connectivity index (χ3v) is 5.52. The molecule has 0 atom stereocenters. The molecule has 3 aromatic carbocycles. The van der Waals surface area contributed by atoms with E-state index in [4.69, 9.17) is 4.98 Å². The molecule has 4 nitrogen and oxygen atoms in total. The van der Waals surface area contributed by atoms with Gasteiger partial charge in [0.25, 0.3) is 0 Å². The molecule has 1 heterocycles. The monoisotopic (exact) mass is 448 g/mol. The van der Waals surface area contributed by atoms with Crippen molar-refractivity contribution in [3.8, 4) is 11.1 Å². The highest BCUT2D eigenvalue weighted by atomic mass is 79.9. The molecule has 0 fully saturated rings. The van der Waals surface area contributed by atoms with Gasteiger partial charge in [0.15, 0.2) is 0 Å². The van der Waals surface area contributed by atoms with Crippen LogP contribution in [0.2, 0.25) is 0 Å². The summed E-state index contributed by atoms with van der Waals surface area (Å²) in [6.07, 6.45) is 1.96. The topological polar surface area (TPSA) is 55.1 Å². The maximum absolute atomic E-state index is 11.5. The summed E-state index contributed by atoms with van der Waals surface area (Å²) in [5, 5.41) is 9.44. The number of aromatic carboxylic acids is 1. The quantitative estimate of drug-likeness (QED) is 0.383. The van der Waals surface area contributed by atoms with Crippen molar-refractivity contribution in [3.63, 3.8) is 0 Å². The molecule has 29 heavy (non-hydrogen) atoms. The number of rotatable bonds is 6. The molecule has 5 heteroatoms. The second-order valence-corrected chi connectivity index (χ2v) is 7.96. The number of carboxylic acids is 1. The summed E-state index contributed by atoms with van der Waals surface area (Å²) in [5.41, 5.74) is 5.22. The Morgan fingerprint density at radius 1 is 1.07 bits per heavy atom. The van der Waals surface area contributed by atoms with E-state index in [1.807, 2.05) is 30.3 Å². The van der Waals surface area contributed by atoms with E-state index in [-0.39, 0.29) is 0 Å². The standard InChI is InChI=1S/C24H21BrN2O2/c1-2-5-23-26-21-14-18(25)12-13-22(21)27(23)15-16-8-10-17(11-9-16)19-6-3-4-7-20(19)24(28)29/h3-4,6-14H,2,5,15H2,1H3,(H,28,29). The number of fused-ring (bicyclic) bond motifs is 1. The fraction of sp³-hybridized carbons (Fsp3) is 0.167. The van der Waals surface area contributed by atoms with E-state index in [0.29, 0.717) is 5.56 Å². The third-order valence-electron chi connectivity index (χ3n) is 5.03. The van der Waals surface area contributed by atoms with Gasteiger partial charge < -0.3 is 9.67 Å². The van der Waals surface area contributed by atoms with Crippen molar-refractivity contribution in [3.05, 3.63) is 88.2 Å². The van der Waals surface area contributed by atoms with Crippen molar-refractivity contribution in [2.75, 3.05) is 0 Å². The lowest BCUT2D eigenvalue weighted by molar-refractivity contribution is 0.0697. The summed E-state index contributed by atoms with van der Waals surface area (Å²) < 4.78 is 3.30. The Balaban J connectivity index is 1.68. The molecule has 0 saturated carbocycles. The van der Waals surface area contributed by atoms with Crippen LogP contribution in [-0.4, -0.2) is 20.6 Å². The van der Waals surface area contributed by atoms with Crippen LogP contribution in [0.25, 0.3) is 22.2 Å². The summed E-state index contributed by atoms with van der Waals surface area (Å²) in [6, 6.07) is 21.4. The lowest BCUT2D eigenvalue weighted by Crippen LogP contribution is -2.05. The predicted molar refractivity (Wildman–Crippen MR) is 119 cm³/mol. The van der Waals surface area contributed by atoms with E-state index in [2.05, 4.69) is 51.7 Å². The van der Waals surface area contributed by atoms with Gasteiger partial charge in [-0.3, -0.25) is 0 Å². The van der Waals surface area contributed by atoms with Crippen LogP contribution < -0.4 is 0 Å². The molecule has 0 radical (unpaired) electrons. The third kappa shape index (κ3) is 3.96. The van der Waals surface area contributed by atoms with Gasteiger partial charge in [-0.05, 0) is 47.4 Å². The second-order valence-electron chi connectivity index (χ2n) is 7.04. The van der Waals surface area contributed by atoms with Crippen molar-refractivity contribution in [2.45, 2.75) is 26.3 Å². The molecule has 0 aliphatic carbocycles. The second kappa shape index (κ2) is 8.21. The molecule has 0 amide bonds. The molecule has 0 unspecified atom stereocenters. The Labute approximate surface area is 178 Å². The highest BCUT2D eigenvalue weighted by Crippen LogP contribution is 2.26. The molecule has 0 spiro atoms. The molecule has 0 bridgehead atoms. The van der Waals surface area contributed by atoms with Gasteiger partial charge in [-0.1, -0.05) is 65.3 Å².